The lowest BCUT2D eigenvalue weighted by Gasteiger charge is -2.35. The molecule has 4 atom stereocenters. The predicted molar refractivity (Wildman–Crippen MR) is 166 cm³/mol. The number of nitrogens with one attached hydrogen (secondary N) is 1. The Bertz CT molecular complexity index is 1190. The highest BCUT2D eigenvalue weighted by Gasteiger charge is 2.35. The van der Waals surface area contributed by atoms with Crippen LogP contribution in [-0.2, 0) is 29.0 Å². The Morgan fingerprint density at radius 1 is 1.04 bits per heavy atom. The Morgan fingerprint density at radius 2 is 1.73 bits per heavy atom. The van der Waals surface area contributed by atoms with Crippen molar-refractivity contribution in [2.45, 2.75) is 82.9 Å². The summed E-state index contributed by atoms with van der Waals surface area (Å²) in [4.78, 5) is 23.9. The van der Waals surface area contributed by atoms with E-state index in [1.165, 1.54) is 6.07 Å². The summed E-state index contributed by atoms with van der Waals surface area (Å²) >= 11 is 0. The van der Waals surface area contributed by atoms with Crippen molar-refractivity contribution in [2.75, 3.05) is 44.3 Å². The average molecular weight is 633 g/mol. The number of carbonyl (C=O) groups is 1. The van der Waals surface area contributed by atoms with Crippen molar-refractivity contribution in [3.63, 3.8) is 0 Å². The molecule has 1 aromatic carbocycles. The molecule has 0 radical (unpaired) electrons. The fourth-order valence-corrected chi connectivity index (χ4v) is 6.00. The van der Waals surface area contributed by atoms with Crippen LogP contribution in [0.15, 0.2) is 30.6 Å². The monoisotopic (exact) mass is 632 g/mol. The number of Topliss-reactive ketones (excluding diaryl/α,β-unsaturated/α-hetero) is 1. The molecule has 4 rings (SSSR count). The Balaban J connectivity index is 1.08. The molecule has 0 bridgehead atoms. The lowest BCUT2D eigenvalue weighted by molar-refractivity contribution is -0.126. The number of aliphatic hydroxyl groups is 5. The minimum atomic E-state index is -1.66. The molecule has 1 aromatic heterocycles. The number of aromatic nitrogens is 2. The van der Waals surface area contributed by atoms with Gasteiger partial charge in [-0.2, -0.15) is 0 Å². The number of hydrogen-bond acceptors (Lipinski definition) is 11. The highest BCUT2D eigenvalue weighted by molar-refractivity contribution is 5.84. The number of carbonyl (C=O) groups excluding carboxylic acids is 1. The molecule has 12 heteroatoms. The lowest BCUT2D eigenvalue weighted by atomic mass is 9.71. The number of halogens is 1. The molecule has 2 fully saturated rings. The van der Waals surface area contributed by atoms with Crippen LogP contribution in [-0.4, -0.2) is 105 Å². The van der Waals surface area contributed by atoms with Gasteiger partial charge in [-0.3, -0.25) is 4.79 Å². The molecule has 2 aromatic rings. The highest BCUT2D eigenvalue weighted by atomic mass is 19.1. The second-order valence-electron chi connectivity index (χ2n) is 12.6. The number of nitrogens with zero attached hydrogens (tertiary/aromatic N) is 3. The molecule has 0 spiro atoms. The average Bonchev–Trinajstić information content (AvgIpc) is 3.04. The first-order valence-electron chi connectivity index (χ1n) is 16.2. The molecule has 6 N–H and O–H groups in total. The normalized spacial score (nSPS) is 21.6. The van der Waals surface area contributed by atoms with Crippen molar-refractivity contribution in [2.24, 2.45) is 17.8 Å². The summed E-state index contributed by atoms with van der Waals surface area (Å²) in [6.07, 6.45) is 3.16. The van der Waals surface area contributed by atoms with Gasteiger partial charge in [-0.15, -0.1) is 0 Å². The summed E-state index contributed by atoms with van der Waals surface area (Å²) in [6.45, 7) is 4.48. The topological polar surface area (TPSA) is 168 Å². The second-order valence-corrected chi connectivity index (χ2v) is 12.6. The van der Waals surface area contributed by atoms with Gasteiger partial charge < -0.3 is 40.5 Å². The molecular weight excluding hydrogens is 583 g/mol. The number of benzene rings is 1. The first kappa shape index (κ1) is 35.3. The molecular formula is C33H49FN4O7. The third-order valence-electron chi connectivity index (χ3n) is 9.22. The van der Waals surface area contributed by atoms with Crippen molar-refractivity contribution in [1.29, 1.82) is 0 Å². The number of hydrogen-bond donors (Lipinski definition) is 6. The fourth-order valence-electron chi connectivity index (χ4n) is 6.00. The number of ketones is 1. The quantitative estimate of drug-likeness (QED) is 0.131. The summed E-state index contributed by atoms with van der Waals surface area (Å²) in [5.41, 5.74) is 2.26. The first-order chi connectivity index (χ1) is 21.7. The predicted octanol–water partition coefficient (Wildman–Crippen LogP) is 1.16. The summed E-state index contributed by atoms with van der Waals surface area (Å²) < 4.78 is 20.6. The Morgan fingerprint density at radius 3 is 2.38 bits per heavy atom. The van der Waals surface area contributed by atoms with Crippen LogP contribution in [0.2, 0.25) is 0 Å². The Labute approximate surface area is 264 Å². The van der Waals surface area contributed by atoms with Crippen molar-refractivity contribution >= 4 is 11.7 Å². The van der Waals surface area contributed by atoms with Crippen LogP contribution in [0.4, 0.5) is 10.3 Å². The first-order valence-corrected chi connectivity index (χ1v) is 16.2. The maximum atomic E-state index is 14.8. The Hall–Kier alpha value is -2.58. The second kappa shape index (κ2) is 17.4. The maximum absolute atomic E-state index is 14.8. The van der Waals surface area contributed by atoms with E-state index in [0.29, 0.717) is 43.0 Å². The van der Waals surface area contributed by atoms with E-state index in [4.69, 9.17) is 9.84 Å². The molecule has 0 amide bonds. The van der Waals surface area contributed by atoms with Crippen LogP contribution in [0.25, 0.3) is 0 Å². The standard InChI is InChI=1S/C33H49FN4O7/c1-2-21-16-36-33(37-17-21)38-8-5-22(6-9-38)7-10-45-20-25-4-3-23(13-27(25)34)14-28(40)26-11-24(12-26)15-35-18-29(41)31(43)32(44)30(42)19-39/h3-4,13,16-17,22,24,26,29-32,35,39,41-44H,2,5-12,14-15,18-20H2,1H3/t24?,26?,29-,30+,31?,32+/m0/s1. The minimum Gasteiger partial charge on any atom is -0.394 e. The van der Waals surface area contributed by atoms with Gasteiger partial charge in [0, 0.05) is 56.5 Å². The number of ether oxygens (including phenoxy) is 1. The molecule has 2 aliphatic rings. The summed E-state index contributed by atoms with van der Waals surface area (Å²) in [5.74, 6) is 1.19. The van der Waals surface area contributed by atoms with Crippen LogP contribution < -0.4 is 10.2 Å². The summed E-state index contributed by atoms with van der Waals surface area (Å²) in [5, 5.41) is 50.8. The van der Waals surface area contributed by atoms with E-state index < -0.39 is 31.0 Å². The molecule has 11 nitrogen and oxygen atoms in total. The largest absolute Gasteiger partial charge is 0.394 e. The number of aliphatic hydroxyl groups excluding tert-OH is 5. The molecule has 250 valence electrons. The SMILES string of the molecule is CCc1cnc(N2CCC(CCOCc3ccc(CC(=O)C4CC(CNC[C@H](O)C(O)[C@H](O)[C@H](O)CO)C4)cc3F)CC2)nc1. The van der Waals surface area contributed by atoms with Gasteiger partial charge in [0.25, 0.3) is 0 Å². The van der Waals surface area contributed by atoms with Crippen molar-refractivity contribution in [1.82, 2.24) is 15.3 Å². The van der Waals surface area contributed by atoms with Gasteiger partial charge in [0.2, 0.25) is 5.95 Å². The van der Waals surface area contributed by atoms with Crippen molar-refractivity contribution in [3.05, 3.63) is 53.1 Å². The lowest BCUT2D eigenvalue weighted by Crippen LogP contribution is -2.49. The third-order valence-corrected chi connectivity index (χ3v) is 9.22. The van der Waals surface area contributed by atoms with E-state index >= 15 is 0 Å². The van der Waals surface area contributed by atoms with Gasteiger partial charge in [-0.1, -0.05) is 19.1 Å². The molecule has 1 saturated carbocycles. The highest BCUT2D eigenvalue weighted by Crippen LogP contribution is 2.34. The van der Waals surface area contributed by atoms with E-state index in [0.717, 1.165) is 50.3 Å². The number of piperidine rings is 1. The molecule has 1 aliphatic carbocycles. The zero-order valence-electron chi connectivity index (χ0n) is 26.1. The van der Waals surface area contributed by atoms with Gasteiger partial charge in [0.1, 0.15) is 29.9 Å². The number of rotatable bonds is 18. The van der Waals surface area contributed by atoms with E-state index in [1.54, 1.807) is 12.1 Å². The van der Waals surface area contributed by atoms with E-state index in [2.05, 4.69) is 27.1 Å². The summed E-state index contributed by atoms with van der Waals surface area (Å²) in [6, 6.07) is 4.91. The van der Waals surface area contributed by atoms with Crippen molar-refractivity contribution < 1.29 is 39.5 Å². The van der Waals surface area contributed by atoms with E-state index in [1.807, 2.05) is 12.4 Å². The van der Waals surface area contributed by atoms with Crippen LogP contribution >= 0.6 is 0 Å². The smallest absolute Gasteiger partial charge is 0.225 e. The summed E-state index contributed by atoms with van der Waals surface area (Å²) in [7, 11) is 0. The molecule has 1 unspecified atom stereocenters. The van der Waals surface area contributed by atoms with Crippen molar-refractivity contribution in [3.8, 4) is 0 Å². The van der Waals surface area contributed by atoms with Crippen LogP contribution in [0.3, 0.4) is 0 Å². The van der Waals surface area contributed by atoms with Gasteiger partial charge in [-0.25, -0.2) is 14.4 Å². The van der Waals surface area contributed by atoms with Gasteiger partial charge in [-0.05, 0) is 74.1 Å². The van der Waals surface area contributed by atoms with Crippen LogP contribution in [0, 0.1) is 23.6 Å². The number of anilines is 1. The van der Waals surface area contributed by atoms with Gasteiger partial charge >= 0.3 is 0 Å². The van der Waals surface area contributed by atoms with Gasteiger partial charge in [0.15, 0.2) is 0 Å². The van der Waals surface area contributed by atoms with Crippen LogP contribution in [0.5, 0.6) is 0 Å². The van der Waals surface area contributed by atoms with E-state index in [-0.39, 0.29) is 43.0 Å². The third kappa shape index (κ3) is 10.2. The fraction of sp³-hybridized carbons (Fsp3) is 0.667. The minimum absolute atomic E-state index is 0.00935. The van der Waals surface area contributed by atoms with E-state index in [9.17, 15) is 29.6 Å². The Kier molecular flexibility index (Phi) is 13.6. The maximum Gasteiger partial charge on any atom is 0.225 e. The molecule has 45 heavy (non-hydrogen) atoms. The molecule has 1 aliphatic heterocycles. The zero-order valence-corrected chi connectivity index (χ0v) is 26.1. The number of aryl methyl sites for hydroxylation is 1. The van der Waals surface area contributed by atoms with Gasteiger partial charge in [0.05, 0.1) is 19.3 Å². The molecule has 1 saturated heterocycles. The zero-order chi connectivity index (χ0) is 32.3. The molecule has 2 heterocycles. The van der Waals surface area contributed by atoms with Crippen LogP contribution in [0.1, 0.15) is 55.7 Å².